The Morgan fingerprint density at radius 2 is 1.57 bits per heavy atom. The van der Waals surface area contributed by atoms with Crippen LogP contribution in [-0.4, -0.2) is 13.3 Å². The standard InChI is InChI=1S/C12H8Cl2N2O4S/c13-8-4-3-5-9(14)12(8)21(19,20)15-10-6-1-2-7-11(10)16(17)18/h1-7,15H. The SMILES string of the molecule is O=[N+]([O-])c1ccccc1NS(=O)(=O)c1c(Cl)cccc1Cl. The van der Waals surface area contributed by atoms with Crippen molar-refractivity contribution in [3.05, 3.63) is 62.6 Å². The maximum Gasteiger partial charge on any atom is 0.293 e. The van der Waals surface area contributed by atoms with Crippen molar-refractivity contribution >= 4 is 44.6 Å². The van der Waals surface area contributed by atoms with Gasteiger partial charge >= 0.3 is 0 Å². The van der Waals surface area contributed by atoms with Gasteiger partial charge in [-0.2, -0.15) is 0 Å². The lowest BCUT2D eigenvalue weighted by atomic mass is 10.3. The van der Waals surface area contributed by atoms with Crippen LogP contribution in [-0.2, 0) is 10.0 Å². The average molecular weight is 347 g/mol. The van der Waals surface area contributed by atoms with E-state index in [4.69, 9.17) is 23.2 Å². The van der Waals surface area contributed by atoms with E-state index in [1.807, 2.05) is 0 Å². The smallest absolute Gasteiger partial charge is 0.273 e. The van der Waals surface area contributed by atoms with Gasteiger partial charge in [0.2, 0.25) is 0 Å². The lowest BCUT2D eigenvalue weighted by molar-refractivity contribution is -0.383. The van der Waals surface area contributed by atoms with E-state index in [0.29, 0.717) is 0 Å². The molecule has 0 aliphatic heterocycles. The molecule has 110 valence electrons. The van der Waals surface area contributed by atoms with Gasteiger partial charge in [0.05, 0.1) is 15.0 Å². The minimum Gasteiger partial charge on any atom is -0.273 e. The topological polar surface area (TPSA) is 89.3 Å². The van der Waals surface area contributed by atoms with Crippen molar-refractivity contribution in [1.29, 1.82) is 0 Å². The van der Waals surface area contributed by atoms with Crippen molar-refractivity contribution in [2.75, 3.05) is 4.72 Å². The largest absolute Gasteiger partial charge is 0.293 e. The third kappa shape index (κ3) is 3.26. The zero-order chi connectivity index (χ0) is 15.6. The van der Waals surface area contributed by atoms with E-state index >= 15 is 0 Å². The molecule has 0 aromatic heterocycles. The first-order chi connectivity index (χ1) is 9.83. The zero-order valence-corrected chi connectivity index (χ0v) is 12.6. The molecule has 0 aliphatic carbocycles. The van der Waals surface area contributed by atoms with E-state index in [1.54, 1.807) is 0 Å². The van der Waals surface area contributed by atoms with E-state index in [1.165, 1.54) is 42.5 Å². The van der Waals surface area contributed by atoms with Crippen LogP contribution in [0.25, 0.3) is 0 Å². The van der Waals surface area contributed by atoms with Crippen molar-refractivity contribution < 1.29 is 13.3 Å². The summed E-state index contributed by atoms with van der Waals surface area (Å²) >= 11 is 11.7. The predicted molar refractivity (Wildman–Crippen MR) is 80.4 cm³/mol. The molecule has 0 amide bonds. The zero-order valence-electron chi connectivity index (χ0n) is 10.3. The molecule has 0 fully saturated rings. The van der Waals surface area contributed by atoms with Gasteiger partial charge in [-0.1, -0.05) is 41.4 Å². The fourth-order valence-electron chi connectivity index (χ4n) is 1.65. The van der Waals surface area contributed by atoms with Crippen molar-refractivity contribution in [1.82, 2.24) is 0 Å². The summed E-state index contributed by atoms with van der Waals surface area (Å²) in [5.74, 6) is 0. The molecular weight excluding hydrogens is 339 g/mol. The second kappa shape index (κ2) is 5.88. The molecule has 6 nitrogen and oxygen atoms in total. The highest BCUT2D eigenvalue weighted by molar-refractivity contribution is 7.93. The Morgan fingerprint density at radius 1 is 1.00 bits per heavy atom. The molecule has 2 aromatic carbocycles. The van der Waals surface area contributed by atoms with Gasteiger partial charge in [0.25, 0.3) is 15.7 Å². The third-order valence-electron chi connectivity index (χ3n) is 2.53. The van der Waals surface area contributed by atoms with Gasteiger partial charge in [0, 0.05) is 6.07 Å². The minimum absolute atomic E-state index is 0.0754. The number of nitro groups is 1. The Kier molecular flexibility index (Phi) is 4.36. The molecule has 2 rings (SSSR count). The fraction of sp³-hybridized carbons (Fsp3) is 0. The predicted octanol–water partition coefficient (Wildman–Crippen LogP) is 3.70. The van der Waals surface area contributed by atoms with Crippen molar-refractivity contribution in [3.63, 3.8) is 0 Å². The Labute approximate surface area is 130 Å². The molecule has 1 N–H and O–H groups in total. The lowest BCUT2D eigenvalue weighted by Gasteiger charge is -2.11. The van der Waals surface area contributed by atoms with Crippen LogP contribution in [0.5, 0.6) is 0 Å². The molecule has 0 heterocycles. The number of hydrogen-bond acceptors (Lipinski definition) is 4. The number of nitrogens with one attached hydrogen (secondary N) is 1. The summed E-state index contributed by atoms with van der Waals surface area (Å²) in [5, 5.41) is 10.7. The van der Waals surface area contributed by atoms with Crippen LogP contribution in [0, 0.1) is 10.1 Å². The first-order valence-electron chi connectivity index (χ1n) is 5.53. The molecule has 21 heavy (non-hydrogen) atoms. The Morgan fingerprint density at radius 3 is 2.14 bits per heavy atom. The van der Waals surface area contributed by atoms with Gasteiger partial charge in [0.15, 0.2) is 0 Å². The van der Waals surface area contributed by atoms with Crippen LogP contribution in [0.15, 0.2) is 47.4 Å². The van der Waals surface area contributed by atoms with E-state index in [0.717, 1.165) is 0 Å². The summed E-state index contributed by atoms with van der Waals surface area (Å²) in [6, 6.07) is 9.58. The molecule has 9 heteroatoms. The number of benzene rings is 2. The van der Waals surface area contributed by atoms with Crippen LogP contribution >= 0.6 is 23.2 Å². The summed E-state index contributed by atoms with van der Waals surface area (Å²) in [6.45, 7) is 0. The Balaban J connectivity index is 2.51. The quantitative estimate of drug-likeness (QED) is 0.674. The van der Waals surface area contributed by atoms with Gasteiger partial charge in [-0.15, -0.1) is 0 Å². The third-order valence-corrected chi connectivity index (χ3v) is 4.85. The van der Waals surface area contributed by atoms with Gasteiger partial charge in [-0.25, -0.2) is 8.42 Å². The number of nitro benzene ring substituents is 1. The van der Waals surface area contributed by atoms with E-state index < -0.39 is 14.9 Å². The molecule has 0 radical (unpaired) electrons. The highest BCUT2D eigenvalue weighted by Crippen LogP contribution is 2.32. The molecule has 0 spiro atoms. The molecule has 2 aromatic rings. The van der Waals surface area contributed by atoms with Crippen molar-refractivity contribution in [2.24, 2.45) is 0 Å². The normalized spacial score (nSPS) is 11.1. The number of hydrogen-bond donors (Lipinski definition) is 1. The van der Waals surface area contributed by atoms with E-state index in [-0.39, 0.29) is 26.3 Å². The van der Waals surface area contributed by atoms with Gasteiger partial charge < -0.3 is 0 Å². The number of para-hydroxylation sites is 2. The summed E-state index contributed by atoms with van der Waals surface area (Å²) in [6.07, 6.45) is 0. The summed E-state index contributed by atoms with van der Waals surface area (Å²) in [5.41, 5.74) is -0.539. The number of anilines is 1. The number of sulfonamides is 1. The van der Waals surface area contributed by atoms with Crippen LogP contribution in [0.1, 0.15) is 0 Å². The summed E-state index contributed by atoms with van der Waals surface area (Å²) in [4.78, 5) is 9.88. The number of nitrogens with zero attached hydrogens (tertiary/aromatic N) is 1. The van der Waals surface area contributed by atoms with Crippen LogP contribution in [0.4, 0.5) is 11.4 Å². The fourth-order valence-corrected chi connectivity index (χ4v) is 3.87. The number of rotatable bonds is 4. The Bertz CT molecular complexity index is 788. The second-order valence-electron chi connectivity index (χ2n) is 3.93. The molecular formula is C12H8Cl2N2O4S. The first kappa shape index (κ1) is 15.6. The maximum absolute atomic E-state index is 12.3. The van der Waals surface area contributed by atoms with Crippen molar-refractivity contribution in [2.45, 2.75) is 4.90 Å². The van der Waals surface area contributed by atoms with Crippen LogP contribution in [0.2, 0.25) is 10.0 Å². The van der Waals surface area contributed by atoms with E-state index in [9.17, 15) is 18.5 Å². The van der Waals surface area contributed by atoms with Gasteiger partial charge in [-0.3, -0.25) is 14.8 Å². The average Bonchev–Trinajstić information content (AvgIpc) is 2.37. The molecule has 0 unspecified atom stereocenters. The van der Waals surface area contributed by atoms with Crippen LogP contribution < -0.4 is 4.72 Å². The molecule has 0 saturated heterocycles. The Hall–Kier alpha value is -1.83. The minimum atomic E-state index is -4.15. The maximum atomic E-state index is 12.3. The van der Waals surface area contributed by atoms with E-state index in [2.05, 4.69) is 4.72 Å². The highest BCUT2D eigenvalue weighted by Gasteiger charge is 2.24. The molecule has 0 bridgehead atoms. The molecule has 0 aliphatic rings. The van der Waals surface area contributed by atoms with Gasteiger partial charge in [0.1, 0.15) is 10.6 Å². The monoisotopic (exact) mass is 346 g/mol. The summed E-state index contributed by atoms with van der Waals surface area (Å²) in [7, 11) is -4.15. The molecule has 0 saturated carbocycles. The van der Waals surface area contributed by atoms with Crippen LogP contribution in [0.3, 0.4) is 0 Å². The van der Waals surface area contributed by atoms with Gasteiger partial charge in [-0.05, 0) is 18.2 Å². The summed E-state index contributed by atoms with van der Waals surface area (Å²) < 4.78 is 26.8. The van der Waals surface area contributed by atoms with Crippen molar-refractivity contribution in [3.8, 4) is 0 Å². The first-order valence-corrected chi connectivity index (χ1v) is 7.77. The number of halogens is 2. The lowest BCUT2D eigenvalue weighted by Crippen LogP contribution is -2.15. The second-order valence-corrected chi connectivity index (χ2v) is 6.36. The molecule has 0 atom stereocenters. The highest BCUT2D eigenvalue weighted by atomic mass is 35.5.